The van der Waals surface area contributed by atoms with Crippen molar-refractivity contribution in [3.63, 3.8) is 0 Å². The number of azide groups is 1. The van der Waals surface area contributed by atoms with Crippen LogP contribution in [0, 0.1) is 0 Å². The Bertz CT molecular complexity index is 456. The number of aliphatic hydroxyl groups is 1. The van der Waals surface area contributed by atoms with E-state index in [0.717, 1.165) is 0 Å². The minimum absolute atomic E-state index is 0.251. The molecular formula is C12H15N3O3. The molecule has 0 radical (unpaired) electrons. The van der Waals surface area contributed by atoms with E-state index in [4.69, 9.17) is 10.3 Å². The summed E-state index contributed by atoms with van der Waals surface area (Å²) in [6.45, 7) is 3.42. The van der Waals surface area contributed by atoms with E-state index < -0.39 is 5.60 Å². The van der Waals surface area contributed by atoms with Crippen LogP contribution in [0.25, 0.3) is 10.4 Å². The summed E-state index contributed by atoms with van der Waals surface area (Å²) in [5.41, 5.74) is 7.11. The SMILES string of the molecule is CC(C)(O)C(=O)c1ccc(OCCN=[N+]=[N-])cc1. The lowest BCUT2D eigenvalue weighted by atomic mass is 9.97. The summed E-state index contributed by atoms with van der Waals surface area (Å²) in [7, 11) is 0. The van der Waals surface area contributed by atoms with Gasteiger partial charge in [0.2, 0.25) is 0 Å². The predicted octanol–water partition coefficient (Wildman–Crippen LogP) is 2.33. The minimum atomic E-state index is -1.39. The van der Waals surface area contributed by atoms with Crippen molar-refractivity contribution in [2.24, 2.45) is 5.11 Å². The van der Waals surface area contributed by atoms with Gasteiger partial charge in [-0.05, 0) is 43.6 Å². The molecule has 0 bridgehead atoms. The molecule has 0 aliphatic rings. The van der Waals surface area contributed by atoms with E-state index in [-0.39, 0.29) is 18.9 Å². The average molecular weight is 249 g/mol. The van der Waals surface area contributed by atoms with Gasteiger partial charge in [-0.25, -0.2) is 0 Å². The third-order valence-corrected chi connectivity index (χ3v) is 2.20. The van der Waals surface area contributed by atoms with Crippen molar-refractivity contribution in [2.75, 3.05) is 13.2 Å². The lowest BCUT2D eigenvalue weighted by Gasteiger charge is -2.15. The van der Waals surface area contributed by atoms with Crippen LogP contribution in [0.5, 0.6) is 5.75 Å². The zero-order valence-corrected chi connectivity index (χ0v) is 10.3. The quantitative estimate of drug-likeness (QED) is 0.275. The van der Waals surface area contributed by atoms with Gasteiger partial charge in [-0.2, -0.15) is 0 Å². The molecule has 0 heterocycles. The first-order valence-corrected chi connectivity index (χ1v) is 5.46. The van der Waals surface area contributed by atoms with Gasteiger partial charge < -0.3 is 9.84 Å². The molecule has 96 valence electrons. The largest absolute Gasteiger partial charge is 0.493 e. The van der Waals surface area contributed by atoms with Crippen molar-refractivity contribution in [1.82, 2.24) is 0 Å². The summed E-state index contributed by atoms with van der Waals surface area (Å²) in [5.74, 6) is 0.235. The maximum atomic E-state index is 11.7. The molecule has 0 saturated heterocycles. The molecule has 6 heteroatoms. The third kappa shape index (κ3) is 4.08. The van der Waals surface area contributed by atoms with Gasteiger partial charge in [-0.3, -0.25) is 4.79 Å². The fraction of sp³-hybridized carbons (Fsp3) is 0.417. The van der Waals surface area contributed by atoms with E-state index in [1.54, 1.807) is 24.3 Å². The lowest BCUT2D eigenvalue weighted by molar-refractivity contribution is 0.0488. The molecule has 0 spiro atoms. The van der Waals surface area contributed by atoms with Crippen LogP contribution in [0.15, 0.2) is 29.4 Å². The van der Waals surface area contributed by atoms with Crippen LogP contribution >= 0.6 is 0 Å². The van der Waals surface area contributed by atoms with E-state index in [0.29, 0.717) is 11.3 Å². The summed E-state index contributed by atoms with van der Waals surface area (Å²) in [6.07, 6.45) is 0. The van der Waals surface area contributed by atoms with Crippen molar-refractivity contribution in [3.05, 3.63) is 40.3 Å². The van der Waals surface area contributed by atoms with Gasteiger partial charge in [-0.15, -0.1) is 0 Å². The van der Waals surface area contributed by atoms with Crippen LogP contribution in [0.4, 0.5) is 0 Å². The number of hydrogen-bond acceptors (Lipinski definition) is 4. The molecule has 0 fully saturated rings. The number of hydrogen-bond donors (Lipinski definition) is 1. The monoisotopic (exact) mass is 249 g/mol. The topological polar surface area (TPSA) is 95.3 Å². The van der Waals surface area contributed by atoms with Gasteiger partial charge in [0.25, 0.3) is 0 Å². The lowest BCUT2D eigenvalue weighted by Crippen LogP contribution is -2.30. The van der Waals surface area contributed by atoms with E-state index in [2.05, 4.69) is 10.0 Å². The fourth-order valence-corrected chi connectivity index (χ4v) is 1.30. The summed E-state index contributed by atoms with van der Waals surface area (Å²) >= 11 is 0. The molecule has 1 rings (SSSR count). The third-order valence-electron chi connectivity index (χ3n) is 2.20. The molecular weight excluding hydrogens is 234 g/mol. The predicted molar refractivity (Wildman–Crippen MR) is 66.6 cm³/mol. The van der Waals surface area contributed by atoms with Crippen molar-refractivity contribution in [1.29, 1.82) is 0 Å². The highest BCUT2D eigenvalue weighted by molar-refractivity contribution is 6.01. The Kier molecular flexibility index (Phi) is 4.71. The summed E-state index contributed by atoms with van der Waals surface area (Å²) in [5, 5.41) is 12.9. The number of nitrogens with zero attached hydrogens (tertiary/aromatic N) is 3. The van der Waals surface area contributed by atoms with Crippen LogP contribution < -0.4 is 4.74 Å². The van der Waals surface area contributed by atoms with Crippen molar-refractivity contribution < 1.29 is 14.6 Å². The van der Waals surface area contributed by atoms with E-state index in [1.165, 1.54) is 13.8 Å². The highest BCUT2D eigenvalue weighted by atomic mass is 16.5. The van der Waals surface area contributed by atoms with Crippen LogP contribution in [0.1, 0.15) is 24.2 Å². The maximum Gasteiger partial charge on any atom is 0.193 e. The van der Waals surface area contributed by atoms with E-state index in [1.807, 2.05) is 0 Å². The number of carbonyl (C=O) groups excluding carboxylic acids is 1. The van der Waals surface area contributed by atoms with Gasteiger partial charge in [-0.1, -0.05) is 5.11 Å². The molecule has 18 heavy (non-hydrogen) atoms. The molecule has 0 aliphatic carbocycles. The Morgan fingerprint density at radius 1 is 1.44 bits per heavy atom. The number of rotatable bonds is 6. The molecule has 0 atom stereocenters. The first-order valence-electron chi connectivity index (χ1n) is 5.46. The normalized spacial score (nSPS) is 10.6. The Morgan fingerprint density at radius 2 is 2.06 bits per heavy atom. The zero-order chi connectivity index (χ0) is 13.6. The van der Waals surface area contributed by atoms with Crippen LogP contribution in [0.2, 0.25) is 0 Å². The van der Waals surface area contributed by atoms with Gasteiger partial charge in [0.05, 0.1) is 13.2 Å². The second-order valence-electron chi connectivity index (χ2n) is 4.22. The average Bonchev–Trinajstić information content (AvgIpc) is 2.33. The molecule has 0 amide bonds. The standard InChI is InChI=1S/C12H15N3O3/c1-12(2,17)11(16)9-3-5-10(6-4-9)18-8-7-14-15-13/h3-6,17H,7-8H2,1-2H3. The molecule has 6 nitrogen and oxygen atoms in total. The first kappa shape index (κ1) is 14.0. The molecule has 0 saturated carbocycles. The number of ether oxygens (including phenoxy) is 1. The van der Waals surface area contributed by atoms with Gasteiger partial charge in [0, 0.05) is 10.5 Å². The Morgan fingerprint density at radius 3 is 2.56 bits per heavy atom. The fourth-order valence-electron chi connectivity index (χ4n) is 1.30. The van der Waals surface area contributed by atoms with Crippen LogP contribution in [-0.2, 0) is 0 Å². The number of carbonyl (C=O) groups is 1. The summed E-state index contributed by atoms with van der Waals surface area (Å²) in [6, 6.07) is 6.44. The van der Waals surface area contributed by atoms with Crippen LogP contribution in [-0.4, -0.2) is 29.6 Å². The maximum absolute atomic E-state index is 11.7. The van der Waals surface area contributed by atoms with Gasteiger partial charge in [0.1, 0.15) is 11.4 Å². The molecule has 0 aliphatic heterocycles. The molecule has 1 N–H and O–H groups in total. The molecule has 1 aromatic rings. The minimum Gasteiger partial charge on any atom is -0.493 e. The molecule has 1 aromatic carbocycles. The van der Waals surface area contributed by atoms with Gasteiger partial charge >= 0.3 is 0 Å². The number of ketones is 1. The molecule has 0 unspecified atom stereocenters. The van der Waals surface area contributed by atoms with Crippen molar-refractivity contribution in [2.45, 2.75) is 19.4 Å². The second-order valence-corrected chi connectivity index (χ2v) is 4.22. The highest BCUT2D eigenvalue weighted by Crippen LogP contribution is 2.16. The van der Waals surface area contributed by atoms with E-state index in [9.17, 15) is 9.90 Å². The van der Waals surface area contributed by atoms with Crippen molar-refractivity contribution >= 4 is 5.78 Å². The summed E-state index contributed by atoms with van der Waals surface area (Å²) < 4.78 is 5.29. The first-order chi connectivity index (χ1) is 8.45. The zero-order valence-electron chi connectivity index (χ0n) is 10.3. The number of benzene rings is 1. The van der Waals surface area contributed by atoms with Crippen LogP contribution in [0.3, 0.4) is 0 Å². The van der Waals surface area contributed by atoms with Gasteiger partial charge in [0.15, 0.2) is 5.78 Å². The molecule has 0 aromatic heterocycles. The second kappa shape index (κ2) is 6.05. The van der Waals surface area contributed by atoms with Crippen molar-refractivity contribution in [3.8, 4) is 5.75 Å². The Hall–Kier alpha value is -2.04. The smallest absolute Gasteiger partial charge is 0.193 e. The Labute approximate surface area is 105 Å². The van der Waals surface area contributed by atoms with E-state index >= 15 is 0 Å². The summed E-state index contributed by atoms with van der Waals surface area (Å²) in [4.78, 5) is 14.3. The number of Topliss-reactive ketones (excluding diaryl/α,β-unsaturated/α-hetero) is 1. The Balaban J connectivity index is 2.63. The highest BCUT2D eigenvalue weighted by Gasteiger charge is 2.24.